The van der Waals surface area contributed by atoms with Crippen molar-refractivity contribution in [2.75, 3.05) is 0 Å². The summed E-state index contributed by atoms with van der Waals surface area (Å²) in [6, 6.07) is 7.32. The van der Waals surface area contributed by atoms with Crippen LogP contribution in [0, 0.1) is 19.0 Å². The highest BCUT2D eigenvalue weighted by Gasteiger charge is 2.11. The zero-order valence-corrected chi connectivity index (χ0v) is 9.03. The normalized spacial score (nSPS) is 9.62. The van der Waals surface area contributed by atoms with E-state index < -0.39 is 5.63 Å². The van der Waals surface area contributed by atoms with Crippen LogP contribution in [-0.4, -0.2) is 0 Å². The van der Waals surface area contributed by atoms with Crippen LogP contribution in [0.25, 0.3) is 11.0 Å². The molecule has 0 unspecified atom stereocenters. The number of aryl methyl sites for hydroxylation is 1. The third-order valence-electron chi connectivity index (χ3n) is 2.27. The van der Waals surface area contributed by atoms with Gasteiger partial charge in [-0.15, -0.1) is 0 Å². The summed E-state index contributed by atoms with van der Waals surface area (Å²) < 4.78 is 10.2. The Bertz CT molecular complexity index is 642. The molecule has 1 heterocycles. The van der Waals surface area contributed by atoms with Crippen LogP contribution in [0.4, 0.5) is 0 Å². The molecule has 3 nitrogen and oxygen atoms in total. The van der Waals surface area contributed by atoms with E-state index in [-0.39, 0.29) is 5.75 Å². The molecule has 0 radical (unpaired) electrons. The fourth-order valence-electron chi connectivity index (χ4n) is 1.51. The largest absolute Gasteiger partial charge is 0.420 e. The topological polar surface area (TPSA) is 39.4 Å². The quantitative estimate of drug-likeness (QED) is 0.540. The van der Waals surface area contributed by atoms with Gasteiger partial charge in [-0.1, -0.05) is 24.1 Å². The first-order valence-corrected chi connectivity index (χ1v) is 4.85. The monoisotopic (exact) mass is 214 g/mol. The molecule has 16 heavy (non-hydrogen) atoms. The Morgan fingerprint density at radius 2 is 2.06 bits per heavy atom. The minimum atomic E-state index is -0.501. The van der Waals surface area contributed by atoms with E-state index in [0.29, 0.717) is 5.58 Å². The summed E-state index contributed by atoms with van der Waals surface area (Å²) in [5.41, 5.74) is 0.801. The highest BCUT2D eigenvalue weighted by Crippen LogP contribution is 2.22. The van der Waals surface area contributed by atoms with Gasteiger partial charge in [-0.05, 0) is 13.0 Å². The molecule has 80 valence electrons. The van der Waals surface area contributed by atoms with Crippen molar-refractivity contribution < 1.29 is 9.15 Å². The second-order valence-electron chi connectivity index (χ2n) is 3.29. The van der Waals surface area contributed by atoms with Crippen LogP contribution in [0.5, 0.6) is 5.75 Å². The fraction of sp³-hybridized carbons (Fsp3) is 0.154. The molecule has 0 aliphatic heterocycles. The van der Waals surface area contributed by atoms with Crippen LogP contribution < -0.4 is 10.4 Å². The maximum atomic E-state index is 11.6. The van der Waals surface area contributed by atoms with Crippen molar-refractivity contribution in [3.8, 4) is 17.8 Å². The van der Waals surface area contributed by atoms with Crippen LogP contribution in [0.1, 0.15) is 12.5 Å². The lowest BCUT2D eigenvalue weighted by Crippen LogP contribution is -2.05. The fourth-order valence-corrected chi connectivity index (χ4v) is 1.51. The Morgan fingerprint density at radius 1 is 1.31 bits per heavy atom. The van der Waals surface area contributed by atoms with E-state index in [1.54, 1.807) is 13.0 Å². The van der Waals surface area contributed by atoms with Gasteiger partial charge in [0.15, 0.2) is 0 Å². The molecule has 2 aromatic rings. The first-order chi connectivity index (χ1) is 7.74. The van der Waals surface area contributed by atoms with Crippen molar-refractivity contribution in [1.29, 1.82) is 0 Å². The average molecular weight is 214 g/mol. The number of para-hydroxylation sites is 1. The highest BCUT2D eigenvalue weighted by atomic mass is 16.5. The summed E-state index contributed by atoms with van der Waals surface area (Å²) in [5, 5.41) is 0.856. The molecule has 0 saturated heterocycles. The van der Waals surface area contributed by atoms with Crippen LogP contribution in [0.3, 0.4) is 0 Å². The lowest BCUT2D eigenvalue weighted by atomic mass is 10.1. The third-order valence-corrected chi connectivity index (χ3v) is 2.27. The van der Waals surface area contributed by atoms with Crippen LogP contribution in [-0.2, 0) is 0 Å². The summed E-state index contributed by atoms with van der Waals surface area (Å²) >= 11 is 0. The van der Waals surface area contributed by atoms with E-state index in [1.165, 1.54) is 0 Å². The van der Waals surface area contributed by atoms with Crippen molar-refractivity contribution in [2.24, 2.45) is 0 Å². The van der Waals surface area contributed by atoms with Crippen LogP contribution in [0.2, 0.25) is 0 Å². The predicted octanol–water partition coefficient (Wildman–Crippen LogP) is 2.46. The predicted molar refractivity (Wildman–Crippen MR) is 61.3 cm³/mol. The van der Waals surface area contributed by atoms with Crippen molar-refractivity contribution in [3.05, 3.63) is 40.2 Å². The zero-order valence-electron chi connectivity index (χ0n) is 9.03. The van der Waals surface area contributed by atoms with E-state index >= 15 is 0 Å². The number of fused-ring (bicyclic) bond motifs is 1. The standard InChI is InChI=1S/C13H10O3/c1-3-8-15-12-9(2)10-6-4-5-7-11(10)16-13(12)14/h4-7H,1-2H3. The van der Waals surface area contributed by atoms with Gasteiger partial charge in [-0.25, -0.2) is 4.79 Å². The van der Waals surface area contributed by atoms with Gasteiger partial charge in [-0.2, -0.15) is 0 Å². The average Bonchev–Trinajstić information content (AvgIpc) is 2.29. The van der Waals surface area contributed by atoms with Gasteiger partial charge in [0.2, 0.25) is 5.75 Å². The molecule has 0 atom stereocenters. The Morgan fingerprint density at radius 3 is 2.81 bits per heavy atom. The molecule has 0 amide bonds. The maximum Gasteiger partial charge on any atom is 0.381 e. The molecule has 0 bridgehead atoms. The van der Waals surface area contributed by atoms with E-state index in [2.05, 4.69) is 12.0 Å². The van der Waals surface area contributed by atoms with Crippen molar-refractivity contribution in [2.45, 2.75) is 13.8 Å². The smallest absolute Gasteiger partial charge is 0.381 e. The molecule has 0 fully saturated rings. The summed E-state index contributed by atoms with van der Waals surface area (Å²) in [4.78, 5) is 11.6. The maximum absolute atomic E-state index is 11.6. The lowest BCUT2D eigenvalue weighted by molar-refractivity contribution is 0.457. The summed E-state index contributed by atoms with van der Waals surface area (Å²) in [5.74, 6) is 2.73. The number of benzene rings is 1. The van der Waals surface area contributed by atoms with E-state index in [4.69, 9.17) is 9.15 Å². The molecule has 2 rings (SSSR count). The molecule has 3 heteroatoms. The van der Waals surface area contributed by atoms with E-state index in [1.807, 2.05) is 25.1 Å². The van der Waals surface area contributed by atoms with E-state index in [9.17, 15) is 4.79 Å². The molecule has 0 N–H and O–H groups in total. The summed E-state index contributed by atoms with van der Waals surface area (Å²) in [6.45, 7) is 3.45. The second-order valence-corrected chi connectivity index (χ2v) is 3.29. The minimum absolute atomic E-state index is 0.160. The molecule has 0 spiro atoms. The van der Waals surface area contributed by atoms with Crippen molar-refractivity contribution in [3.63, 3.8) is 0 Å². The van der Waals surface area contributed by atoms with Crippen LogP contribution in [0.15, 0.2) is 33.5 Å². The first-order valence-electron chi connectivity index (χ1n) is 4.85. The van der Waals surface area contributed by atoms with Gasteiger partial charge in [0, 0.05) is 17.9 Å². The Kier molecular flexibility index (Phi) is 2.65. The van der Waals surface area contributed by atoms with Crippen LogP contribution >= 0.6 is 0 Å². The molecule has 1 aromatic carbocycles. The Balaban J connectivity index is 2.74. The van der Waals surface area contributed by atoms with Gasteiger partial charge in [0.25, 0.3) is 0 Å². The van der Waals surface area contributed by atoms with Crippen molar-refractivity contribution in [1.82, 2.24) is 0 Å². The molecule has 1 aromatic heterocycles. The summed E-state index contributed by atoms with van der Waals surface area (Å²) in [7, 11) is 0. The minimum Gasteiger partial charge on any atom is -0.420 e. The lowest BCUT2D eigenvalue weighted by Gasteiger charge is -2.04. The zero-order chi connectivity index (χ0) is 11.5. The number of rotatable bonds is 1. The number of hydrogen-bond acceptors (Lipinski definition) is 3. The molecular weight excluding hydrogens is 204 g/mol. The Labute approximate surface area is 92.7 Å². The highest BCUT2D eigenvalue weighted by molar-refractivity contribution is 5.81. The van der Waals surface area contributed by atoms with Gasteiger partial charge >= 0.3 is 5.63 Å². The van der Waals surface area contributed by atoms with Gasteiger partial charge < -0.3 is 9.15 Å². The van der Waals surface area contributed by atoms with Gasteiger partial charge in [0.1, 0.15) is 11.7 Å². The van der Waals surface area contributed by atoms with E-state index in [0.717, 1.165) is 10.9 Å². The first kappa shape index (κ1) is 10.3. The SMILES string of the molecule is CC#COc1c(C)c2ccccc2oc1=O. The summed E-state index contributed by atoms with van der Waals surface area (Å²) in [6.07, 6.45) is 2.40. The van der Waals surface area contributed by atoms with Crippen molar-refractivity contribution >= 4 is 11.0 Å². The van der Waals surface area contributed by atoms with Gasteiger partial charge in [0.05, 0.1) is 0 Å². The molecule has 0 saturated carbocycles. The Hall–Kier alpha value is -2.21. The second kappa shape index (κ2) is 4.11. The third kappa shape index (κ3) is 1.66. The molecule has 0 aliphatic carbocycles. The molecular formula is C13H10O3. The number of hydrogen-bond donors (Lipinski definition) is 0. The molecule has 0 aliphatic rings. The van der Waals surface area contributed by atoms with Gasteiger partial charge in [-0.3, -0.25) is 0 Å². The number of ether oxygens (including phenoxy) is 1.